The minimum Gasteiger partial charge on any atom is -0.496 e. The average Bonchev–Trinajstić information content (AvgIpc) is 2.48. The molecule has 0 aliphatic carbocycles. The highest BCUT2D eigenvalue weighted by Gasteiger charge is 2.28. The molecular weight excluding hydrogens is 290 g/mol. The monoisotopic (exact) mass is 313 g/mol. The second-order valence-corrected chi connectivity index (χ2v) is 7.17. The number of nitrogens with zero attached hydrogens (tertiary/aromatic N) is 2. The van der Waals surface area contributed by atoms with Gasteiger partial charge in [0.1, 0.15) is 5.75 Å². The second kappa shape index (κ2) is 6.74. The summed E-state index contributed by atoms with van der Waals surface area (Å²) in [6, 6.07) is 7.87. The van der Waals surface area contributed by atoms with Gasteiger partial charge in [-0.05, 0) is 6.07 Å². The van der Waals surface area contributed by atoms with Gasteiger partial charge in [-0.25, -0.2) is 8.42 Å². The molecule has 1 atom stereocenters. The van der Waals surface area contributed by atoms with Crippen LogP contribution >= 0.6 is 0 Å². The van der Waals surface area contributed by atoms with Gasteiger partial charge in [-0.1, -0.05) is 18.2 Å². The Morgan fingerprint density at radius 3 is 2.38 bits per heavy atom. The lowest BCUT2D eigenvalue weighted by molar-refractivity contribution is 0.138. The molecule has 21 heavy (non-hydrogen) atoms. The second-order valence-electron chi connectivity index (χ2n) is 5.19. The van der Waals surface area contributed by atoms with Crippen LogP contribution in [0.4, 0.5) is 0 Å². The smallest absolute Gasteiger partial charge is 0.211 e. The van der Waals surface area contributed by atoms with Crippen molar-refractivity contribution in [2.24, 2.45) is 5.73 Å². The van der Waals surface area contributed by atoms with Crippen LogP contribution in [0.5, 0.6) is 5.75 Å². The average molecular weight is 313 g/mol. The van der Waals surface area contributed by atoms with Crippen LogP contribution in [0.1, 0.15) is 11.6 Å². The summed E-state index contributed by atoms with van der Waals surface area (Å²) < 4.78 is 30.1. The summed E-state index contributed by atoms with van der Waals surface area (Å²) in [5.74, 6) is 0.818. The Morgan fingerprint density at radius 2 is 1.86 bits per heavy atom. The van der Waals surface area contributed by atoms with E-state index in [1.807, 2.05) is 24.3 Å². The number of rotatable bonds is 5. The van der Waals surface area contributed by atoms with Gasteiger partial charge in [0.05, 0.1) is 19.4 Å². The zero-order valence-electron chi connectivity index (χ0n) is 12.5. The highest BCUT2D eigenvalue weighted by atomic mass is 32.2. The lowest BCUT2D eigenvalue weighted by Gasteiger charge is -2.38. The SMILES string of the molecule is COc1ccccc1C(CN)N1CCN(S(C)(=O)=O)CC1. The van der Waals surface area contributed by atoms with Gasteiger partial charge in [0.2, 0.25) is 10.0 Å². The molecule has 118 valence electrons. The van der Waals surface area contributed by atoms with Crippen molar-refractivity contribution in [3.8, 4) is 5.75 Å². The summed E-state index contributed by atoms with van der Waals surface area (Å²) in [4.78, 5) is 2.22. The van der Waals surface area contributed by atoms with Gasteiger partial charge in [-0.2, -0.15) is 4.31 Å². The minimum atomic E-state index is -3.11. The zero-order chi connectivity index (χ0) is 15.5. The van der Waals surface area contributed by atoms with E-state index in [2.05, 4.69) is 4.90 Å². The molecule has 1 aromatic carbocycles. The molecule has 0 radical (unpaired) electrons. The van der Waals surface area contributed by atoms with Gasteiger partial charge < -0.3 is 10.5 Å². The largest absolute Gasteiger partial charge is 0.496 e. The Hall–Kier alpha value is -1.15. The van der Waals surface area contributed by atoms with Crippen LogP contribution in [-0.4, -0.2) is 63.7 Å². The van der Waals surface area contributed by atoms with E-state index >= 15 is 0 Å². The third kappa shape index (κ3) is 3.74. The van der Waals surface area contributed by atoms with Crippen LogP contribution in [0.3, 0.4) is 0 Å². The van der Waals surface area contributed by atoms with E-state index in [1.165, 1.54) is 10.6 Å². The van der Waals surface area contributed by atoms with Crippen LogP contribution in [0.2, 0.25) is 0 Å². The van der Waals surface area contributed by atoms with Crippen molar-refractivity contribution in [3.63, 3.8) is 0 Å². The molecule has 0 spiro atoms. The first-order valence-electron chi connectivity index (χ1n) is 6.99. The Balaban J connectivity index is 2.13. The van der Waals surface area contributed by atoms with Crippen LogP contribution in [0.15, 0.2) is 24.3 Å². The van der Waals surface area contributed by atoms with Crippen molar-refractivity contribution in [2.45, 2.75) is 6.04 Å². The van der Waals surface area contributed by atoms with Gasteiger partial charge in [0, 0.05) is 38.3 Å². The normalized spacial score (nSPS) is 19.4. The third-order valence-electron chi connectivity index (χ3n) is 3.90. The molecule has 1 aliphatic rings. The summed E-state index contributed by atoms with van der Waals surface area (Å²) >= 11 is 0. The van der Waals surface area contributed by atoms with Crippen molar-refractivity contribution in [1.29, 1.82) is 0 Å². The number of para-hydroxylation sites is 1. The third-order valence-corrected chi connectivity index (χ3v) is 5.21. The van der Waals surface area contributed by atoms with Crippen LogP contribution in [0, 0.1) is 0 Å². The molecule has 0 aromatic heterocycles. The highest BCUT2D eigenvalue weighted by Crippen LogP contribution is 2.29. The summed E-state index contributed by atoms with van der Waals surface area (Å²) in [5, 5.41) is 0. The molecule has 1 aromatic rings. The molecule has 1 unspecified atom stereocenters. The molecular formula is C14H23N3O3S. The summed E-state index contributed by atoms with van der Waals surface area (Å²) in [6.07, 6.45) is 1.25. The van der Waals surface area contributed by atoms with Crippen molar-refractivity contribution < 1.29 is 13.2 Å². The fourth-order valence-electron chi connectivity index (χ4n) is 2.76. The fraction of sp³-hybridized carbons (Fsp3) is 0.571. The maximum atomic E-state index is 11.6. The Kier molecular flexibility index (Phi) is 5.21. The van der Waals surface area contributed by atoms with E-state index in [0.717, 1.165) is 11.3 Å². The predicted molar refractivity (Wildman–Crippen MR) is 82.8 cm³/mol. The molecule has 7 heteroatoms. The fourth-order valence-corrected chi connectivity index (χ4v) is 3.59. The van der Waals surface area contributed by atoms with Gasteiger partial charge in [0.25, 0.3) is 0 Å². The van der Waals surface area contributed by atoms with Crippen molar-refractivity contribution in [3.05, 3.63) is 29.8 Å². The summed E-state index contributed by atoms with van der Waals surface area (Å²) in [5.41, 5.74) is 7.00. The molecule has 1 heterocycles. The molecule has 6 nitrogen and oxygen atoms in total. The van der Waals surface area contributed by atoms with E-state index in [9.17, 15) is 8.42 Å². The standard InChI is InChI=1S/C14H23N3O3S/c1-20-14-6-4-3-5-12(14)13(11-15)16-7-9-17(10-8-16)21(2,18)19/h3-6,13H,7-11,15H2,1-2H3. The minimum absolute atomic E-state index is 0.0443. The molecule has 2 N–H and O–H groups in total. The van der Waals surface area contributed by atoms with E-state index in [-0.39, 0.29) is 6.04 Å². The van der Waals surface area contributed by atoms with Crippen molar-refractivity contribution >= 4 is 10.0 Å². The first-order chi connectivity index (χ1) is 9.97. The van der Waals surface area contributed by atoms with Gasteiger partial charge in [-0.3, -0.25) is 4.90 Å². The number of piperazine rings is 1. The summed E-state index contributed by atoms with van der Waals surface area (Å²) in [7, 11) is -1.46. The zero-order valence-corrected chi connectivity index (χ0v) is 13.3. The predicted octanol–water partition coefficient (Wildman–Crippen LogP) is 0.272. The number of benzene rings is 1. The molecule has 1 aliphatic heterocycles. The molecule has 0 bridgehead atoms. The van der Waals surface area contributed by atoms with E-state index in [0.29, 0.717) is 32.7 Å². The van der Waals surface area contributed by atoms with Gasteiger partial charge >= 0.3 is 0 Å². The topological polar surface area (TPSA) is 75.9 Å². The number of methoxy groups -OCH3 is 1. The van der Waals surface area contributed by atoms with Crippen molar-refractivity contribution in [1.82, 2.24) is 9.21 Å². The number of sulfonamides is 1. The highest BCUT2D eigenvalue weighted by molar-refractivity contribution is 7.88. The molecule has 2 rings (SSSR count). The maximum absolute atomic E-state index is 11.6. The lowest BCUT2D eigenvalue weighted by atomic mass is 10.0. The molecule has 0 saturated carbocycles. The van der Waals surface area contributed by atoms with Crippen molar-refractivity contribution in [2.75, 3.05) is 46.1 Å². The number of hydrogen-bond acceptors (Lipinski definition) is 5. The van der Waals surface area contributed by atoms with Crippen LogP contribution in [0.25, 0.3) is 0 Å². The summed E-state index contributed by atoms with van der Waals surface area (Å²) in [6.45, 7) is 2.83. The maximum Gasteiger partial charge on any atom is 0.211 e. The Morgan fingerprint density at radius 1 is 1.24 bits per heavy atom. The first-order valence-corrected chi connectivity index (χ1v) is 8.84. The number of hydrogen-bond donors (Lipinski definition) is 1. The molecule has 0 amide bonds. The first kappa shape index (κ1) is 16.2. The van der Waals surface area contributed by atoms with E-state index < -0.39 is 10.0 Å². The van der Waals surface area contributed by atoms with Crippen LogP contribution in [-0.2, 0) is 10.0 Å². The molecule has 1 fully saturated rings. The number of ether oxygens (including phenoxy) is 1. The Bertz CT molecular complexity index is 569. The van der Waals surface area contributed by atoms with Gasteiger partial charge in [0.15, 0.2) is 0 Å². The molecule has 1 saturated heterocycles. The van der Waals surface area contributed by atoms with E-state index in [4.69, 9.17) is 10.5 Å². The van der Waals surface area contributed by atoms with E-state index in [1.54, 1.807) is 7.11 Å². The lowest BCUT2D eigenvalue weighted by Crippen LogP contribution is -2.50. The van der Waals surface area contributed by atoms with Crippen LogP contribution < -0.4 is 10.5 Å². The number of nitrogens with two attached hydrogens (primary N) is 1. The quantitative estimate of drug-likeness (QED) is 0.844. The Labute approximate surface area is 126 Å². The van der Waals surface area contributed by atoms with Gasteiger partial charge in [-0.15, -0.1) is 0 Å².